The quantitative estimate of drug-likeness (QED) is 0.435. The van der Waals surface area contributed by atoms with Gasteiger partial charge in [-0.2, -0.15) is 0 Å². The van der Waals surface area contributed by atoms with Crippen molar-refractivity contribution in [2.24, 2.45) is 5.73 Å². The molecule has 2 atom stereocenters. The van der Waals surface area contributed by atoms with Crippen molar-refractivity contribution < 1.29 is 23.9 Å². The number of amides is 4. The number of carbonyl (C=O) groups excluding carboxylic acids is 4. The molecule has 9 heteroatoms. The predicted octanol–water partition coefficient (Wildman–Crippen LogP) is 3.58. The van der Waals surface area contributed by atoms with Gasteiger partial charge in [0.15, 0.2) is 0 Å². The maximum atomic E-state index is 13.9. The molecule has 4 N–H and O–H groups in total. The summed E-state index contributed by atoms with van der Waals surface area (Å²) in [6, 6.07) is 9.87. The van der Waals surface area contributed by atoms with Crippen molar-refractivity contribution in [1.29, 1.82) is 0 Å². The van der Waals surface area contributed by atoms with Gasteiger partial charge in [0.1, 0.15) is 17.7 Å². The molecule has 0 spiro atoms. The monoisotopic (exact) mass is 520 g/mol. The molecule has 0 aliphatic heterocycles. The van der Waals surface area contributed by atoms with Crippen LogP contribution in [0, 0.1) is 26.2 Å². The molecule has 0 heterocycles. The Kier molecular flexibility index (Phi) is 10.1. The maximum absolute atomic E-state index is 13.9. The number of ether oxygens (including phenoxy) is 1. The van der Waals surface area contributed by atoms with Crippen LogP contribution in [-0.4, -0.2) is 46.9 Å². The van der Waals surface area contributed by atoms with E-state index in [4.69, 9.17) is 16.9 Å². The summed E-state index contributed by atoms with van der Waals surface area (Å²) in [6.45, 7) is 10.5. The van der Waals surface area contributed by atoms with E-state index in [0.717, 1.165) is 11.1 Å². The van der Waals surface area contributed by atoms with Gasteiger partial charge in [0.05, 0.1) is 6.42 Å². The smallest absolute Gasteiger partial charge is 0.408 e. The van der Waals surface area contributed by atoms with Gasteiger partial charge in [0, 0.05) is 17.8 Å². The molecule has 9 nitrogen and oxygen atoms in total. The zero-order valence-corrected chi connectivity index (χ0v) is 22.8. The van der Waals surface area contributed by atoms with Gasteiger partial charge in [-0.05, 0) is 64.3 Å². The van der Waals surface area contributed by atoms with Crippen LogP contribution in [0.2, 0.25) is 0 Å². The summed E-state index contributed by atoms with van der Waals surface area (Å²) in [5.41, 5.74) is 7.70. The zero-order valence-electron chi connectivity index (χ0n) is 22.8. The lowest BCUT2D eigenvalue weighted by Gasteiger charge is -2.34. The summed E-state index contributed by atoms with van der Waals surface area (Å²) < 4.78 is 5.27. The molecule has 0 saturated carbocycles. The minimum absolute atomic E-state index is 0.0633. The molecule has 2 aromatic carbocycles. The van der Waals surface area contributed by atoms with E-state index in [1.807, 2.05) is 32.0 Å². The van der Waals surface area contributed by atoms with Crippen LogP contribution < -0.4 is 16.4 Å². The van der Waals surface area contributed by atoms with E-state index < -0.39 is 47.9 Å². The third kappa shape index (κ3) is 7.84. The fourth-order valence-electron chi connectivity index (χ4n) is 4.04. The van der Waals surface area contributed by atoms with E-state index >= 15 is 0 Å². The van der Waals surface area contributed by atoms with Crippen molar-refractivity contribution in [3.63, 3.8) is 0 Å². The van der Waals surface area contributed by atoms with Gasteiger partial charge in [0.2, 0.25) is 11.8 Å². The van der Waals surface area contributed by atoms with Crippen LogP contribution >= 0.6 is 0 Å². The molecular formula is C29H36N4O5. The fourth-order valence-corrected chi connectivity index (χ4v) is 4.04. The first-order valence-corrected chi connectivity index (χ1v) is 12.3. The standard InChI is InChI=1S/C29H36N4O5/c1-8-20-15-10-11-16-21(20)25(26(35)32-24-18(3)13-12-14-19(24)4)33(9-2)27(36)22(17-23(30)34)31-28(37)38-29(5,6)7/h1,10-16,22,25H,9,17H2,2-7H3,(H2,30,34)(H,31,37)(H,32,35). The summed E-state index contributed by atoms with van der Waals surface area (Å²) in [5.74, 6) is 0.570. The summed E-state index contributed by atoms with van der Waals surface area (Å²) in [6.07, 6.45) is 4.35. The fraction of sp³-hybridized carbons (Fsp3) is 0.379. The van der Waals surface area contributed by atoms with Crippen LogP contribution in [0.3, 0.4) is 0 Å². The molecule has 202 valence electrons. The number of nitrogens with one attached hydrogen (secondary N) is 2. The molecule has 0 aromatic heterocycles. The Morgan fingerprint density at radius 1 is 1.05 bits per heavy atom. The molecule has 0 bridgehead atoms. The lowest BCUT2D eigenvalue weighted by atomic mass is 9.97. The number of nitrogens with two attached hydrogens (primary N) is 1. The number of benzene rings is 2. The molecule has 0 aliphatic rings. The number of likely N-dealkylation sites (N-methyl/N-ethyl adjacent to an activating group) is 1. The van der Waals surface area contributed by atoms with Crippen molar-refractivity contribution in [2.45, 2.75) is 65.6 Å². The lowest BCUT2D eigenvalue weighted by Crippen LogP contribution is -2.53. The van der Waals surface area contributed by atoms with Crippen molar-refractivity contribution >= 4 is 29.5 Å². The van der Waals surface area contributed by atoms with Crippen LogP contribution in [0.5, 0.6) is 0 Å². The van der Waals surface area contributed by atoms with Gasteiger partial charge in [-0.25, -0.2) is 4.79 Å². The topological polar surface area (TPSA) is 131 Å². The minimum Gasteiger partial charge on any atom is -0.444 e. The number of primary amides is 1. The average Bonchev–Trinajstić information content (AvgIpc) is 2.82. The van der Waals surface area contributed by atoms with Crippen molar-refractivity contribution in [1.82, 2.24) is 10.2 Å². The molecule has 38 heavy (non-hydrogen) atoms. The third-order valence-corrected chi connectivity index (χ3v) is 5.72. The average molecular weight is 521 g/mol. The molecule has 0 fully saturated rings. The van der Waals surface area contributed by atoms with Crippen LogP contribution in [0.25, 0.3) is 0 Å². The second kappa shape index (κ2) is 12.8. The van der Waals surface area contributed by atoms with Crippen LogP contribution in [0.4, 0.5) is 10.5 Å². The Balaban J connectivity index is 2.57. The number of hydrogen-bond acceptors (Lipinski definition) is 5. The van der Waals surface area contributed by atoms with Gasteiger partial charge in [-0.15, -0.1) is 6.42 Å². The summed E-state index contributed by atoms with van der Waals surface area (Å²) in [7, 11) is 0. The minimum atomic E-state index is -1.37. The lowest BCUT2D eigenvalue weighted by molar-refractivity contribution is -0.141. The molecule has 2 unspecified atom stereocenters. The highest BCUT2D eigenvalue weighted by Gasteiger charge is 2.37. The number of carbonyl (C=O) groups is 4. The maximum Gasteiger partial charge on any atom is 0.408 e. The van der Waals surface area contributed by atoms with Crippen LogP contribution in [0.1, 0.15) is 62.4 Å². The summed E-state index contributed by atoms with van der Waals surface area (Å²) >= 11 is 0. The molecular weight excluding hydrogens is 484 g/mol. The van der Waals surface area contributed by atoms with E-state index in [2.05, 4.69) is 16.6 Å². The molecule has 0 saturated heterocycles. The van der Waals surface area contributed by atoms with E-state index in [9.17, 15) is 19.2 Å². The van der Waals surface area contributed by atoms with Gasteiger partial charge in [-0.1, -0.05) is 42.3 Å². The van der Waals surface area contributed by atoms with Crippen LogP contribution in [0.15, 0.2) is 42.5 Å². The van der Waals surface area contributed by atoms with Gasteiger partial charge >= 0.3 is 6.09 Å². The number of alkyl carbamates (subject to hydrolysis) is 1. The highest BCUT2D eigenvalue weighted by molar-refractivity contribution is 6.00. The summed E-state index contributed by atoms with van der Waals surface area (Å²) in [5, 5.41) is 5.38. The molecule has 2 aromatic rings. The Labute approximate surface area is 224 Å². The van der Waals surface area contributed by atoms with Gasteiger partial charge in [0.25, 0.3) is 5.91 Å². The number of anilines is 1. The normalized spacial score (nSPS) is 12.4. The van der Waals surface area contributed by atoms with Crippen molar-refractivity contribution in [3.8, 4) is 12.3 Å². The van der Waals surface area contributed by atoms with Crippen LogP contribution in [-0.2, 0) is 19.1 Å². The summed E-state index contributed by atoms with van der Waals surface area (Å²) in [4.78, 5) is 53.3. The van der Waals surface area contributed by atoms with Gasteiger partial charge in [-0.3, -0.25) is 14.4 Å². The number of hydrogen-bond donors (Lipinski definition) is 3. The first kappa shape index (κ1) is 29.9. The highest BCUT2D eigenvalue weighted by Crippen LogP contribution is 2.29. The van der Waals surface area contributed by atoms with E-state index in [1.165, 1.54) is 4.90 Å². The largest absolute Gasteiger partial charge is 0.444 e. The third-order valence-electron chi connectivity index (χ3n) is 5.72. The molecule has 2 rings (SSSR count). The SMILES string of the molecule is C#Cc1ccccc1C(C(=O)Nc1c(C)cccc1C)N(CC)C(=O)C(CC(N)=O)NC(=O)OC(C)(C)C. The second-order valence-corrected chi connectivity index (χ2v) is 9.88. The number of para-hydroxylation sites is 1. The van der Waals surface area contributed by atoms with E-state index in [0.29, 0.717) is 16.8 Å². The number of aryl methyl sites for hydroxylation is 2. The molecule has 0 radical (unpaired) electrons. The Morgan fingerprint density at radius 2 is 1.66 bits per heavy atom. The first-order valence-electron chi connectivity index (χ1n) is 12.3. The Bertz CT molecular complexity index is 1220. The van der Waals surface area contributed by atoms with Gasteiger partial charge < -0.3 is 26.0 Å². The Morgan fingerprint density at radius 3 is 2.18 bits per heavy atom. The zero-order chi connectivity index (χ0) is 28.6. The van der Waals surface area contributed by atoms with E-state index in [1.54, 1.807) is 52.0 Å². The second-order valence-electron chi connectivity index (χ2n) is 9.88. The predicted molar refractivity (Wildman–Crippen MR) is 146 cm³/mol. The first-order chi connectivity index (χ1) is 17.8. The number of terminal acetylenes is 1. The highest BCUT2D eigenvalue weighted by atomic mass is 16.6. The van der Waals surface area contributed by atoms with E-state index in [-0.39, 0.29) is 6.54 Å². The number of nitrogens with zero attached hydrogens (tertiary/aromatic N) is 1. The molecule has 0 aliphatic carbocycles. The van der Waals surface area contributed by atoms with Crippen molar-refractivity contribution in [3.05, 3.63) is 64.7 Å². The van der Waals surface area contributed by atoms with Crippen molar-refractivity contribution in [2.75, 3.05) is 11.9 Å². The Hall–Kier alpha value is -4.32. The number of rotatable bonds is 9. The molecule has 4 amide bonds.